The SMILES string of the molecule is Cc1cc(OCC(C)(C)CO)cc(C)c1-c1ccc(F)c2c1CCC2Oc1ccc2c(c1)OCC2CC(=O)O. The number of aliphatic hydroxyl groups excluding tert-OH is 1. The summed E-state index contributed by atoms with van der Waals surface area (Å²) in [5.74, 6) is 0.637. The van der Waals surface area contributed by atoms with Crippen molar-refractivity contribution in [1.82, 2.24) is 0 Å². The molecule has 0 radical (unpaired) electrons. The van der Waals surface area contributed by atoms with E-state index in [9.17, 15) is 9.90 Å². The van der Waals surface area contributed by atoms with Crippen molar-refractivity contribution in [2.24, 2.45) is 5.41 Å². The Morgan fingerprint density at radius 2 is 1.85 bits per heavy atom. The number of carbonyl (C=O) groups is 1. The van der Waals surface area contributed by atoms with Gasteiger partial charge in [-0.3, -0.25) is 4.79 Å². The standard InChI is InChI=1S/C32H35FO6/c1-18-11-22(38-17-32(3,4)16-34)12-19(2)30(18)24-7-9-26(33)31-25(24)8-10-27(31)39-21-5-6-23-20(13-29(35)36)15-37-28(23)14-21/h5-7,9,11-12,14,20,27,34H,8,10,13,15-17H2,1-4H3,(H,35,36). The van der Waals surface area contributed by atoms with Crippen molar-refractivity contribution in [1.29, 1.82) is 0 Å². The summed E-state index contributed by atoms with van der Waals surface area (Å²) < 4.78 is 33.2. The lowest BCUT2D eigenvalue weighted by atomic mass is 9.90. The van der Waals surface area contributed by atoms with Crippen LogP contribution >= 0.6 is 0 Å². The highest BCUT2D eigenvalue weighted by Gasteiger charge is 2.32. The number of hydrogen-bond donors (Lipinski definition) is 2. The molecule has 1 heterocycles. The third-order valence-corrected chi connectivity index (χ3v) is 7.68. The predicted molar refractivity (Wildman–Crippen MR) is 146 cm³/mol. The highest BCUT2D eigenvalue weighted by atomic mass is 19.1. The van der Waals surface area contributed by atoms with E-state index in [-0.39, 0.29) is 30.2 Å². The number of rotatable bonds is 9. The van der Waals surface area contributed by atoms with Crippen LogP contribution in [0.1, 0.15) is 66.5 Å². The number of halogens is 1. The summed E-state index contributed by atoms with van der Waals surface area (Å²) >= 11 is 0. The van der Waals surface area contributed by atoms with Gasteiger partial charge >= 0.3 is 5.97 Å². The van der Waals surface area contributed by atoms with Crippen LogP contribution in [-0.4, -0.2) is 36.0 Å². The first kappa shape index (κ1) is 27.0. The maximum Gasteiger partial charge on any atom is 0.304 e. The number of fused-ring (bicyclic) bond motifs is 2. The van der Waals surface area contributed by atoms with E-state index in [1.165, 1.54) is 6.07 Å². The molecule has 3 aromatic carbocycles. The molecule has 0 aromatic heterocycles. The summed E-state index contributed by atoms with van der Waals surface area (Å²) in [6, 6.07) is 12.8. The van der Waals surface area contributed by atoms with Crippen LogP contribution in [0.25, 0.3) is 11.1 Å². The van der Waals surface area contributed by atoms with Gasteiger partial charge in [-0.05, 0) is 78.8 Å². The van der Waals surface area contributed by atoms with Crippen LogP contribution in [0, 0.1) is 25.1 Å². The van der Waals surface area contributed by atoms with Gasteiger partial charge in [-0.1, -0.05) is 26.0 Å². The Hall–Kier alpha value is -3.58. The Kier molecular flexibility index (Phi) is 7.29. The van der Waals surface area contributed by atoms with Gasteiger partial charge in [0.1, 0.15) is 29.2 Å². The average molecular weight is 535 g/mol. The molecule has 206 valence electrons. The zero-order chi connectivity index (χ0) is 27.9. The molecule has 0 saturated heterocycles. The second-order valence-electron chi connectivity index (χ2n) is 11.5. The third kappa shape index (κ3) is 5.46. The topological polar surface area (TPSA) is 85.2 Å². The highest BCUT2D eigenvalue weighted by molar-refractivity contribution is 5.76. The minimum atomic E-state index is -0.857. The van der Waals surface area contributed by atoms with Gasteiger partial charge in [0.2, 0.25) is 0 Å². The van der Waals surface area contributed by atoms with E-state index >= 15 is 4.39 Å². The number of aryl methyl sites for hydroxylation is 2. The van der Waals surface area contributed by atoms with Gasteiger partial charge in [0.25, 0.3) is 0 Å². The molecule has 3 aromatic rings. The van der Waals surface area contributed by atoms with E-state index in [1.54, 1.807) is 6.07 Å². The lowest BCUT2D eigenvalue weighted by Crippen LogP contribution is -2.25. The molecule has 2 aliphatic rings. The smallest absolute Gasteiger partial charge is 0.304 e. The van der Waals surface area contributed by atoms with Crippen LogP contribution in [0.3, 0.4) is 0 Å². The lowest BCUT2D eigenvalue weighted by Gasteiger charge is -2.23. The summed E-state index contributed by atoms with van der Waals surface area (Å²) in [6.07, 6.45) is 0.928. The van der Waals surface area contributed by atoms with Crippen molar-refractivity contribution < 1.29 is 33.6 Å². The molecular weight excluding hydrogens is 499 g/mol. The van der Waals surface area contributed by atoms with Gasteiger partial charge in [-0.15, -0.1) is 0 Å². The Morgan fingerprint density at radius 1 is 1.10 bits per heavy atom. The summed E-state index contributed by atoms with van der Waals surface area (Å²) in [5.41, 5.74) is 6.22. The molecule has 1 aliphatic heterocycles. The minimum Gasteiger partial charge on any atom is -0.493 e. The molecule has 0 fully saturated rings. The second-order valence-corrected chi connectivity index (χ2v) is 11.5. The molecule has 0 saturated carbocycles. The monoisotopic (exact) mass is 534 g/mol. The van der Waals surface area contributed by atoms with Crippen LogP contribution in [0.15, 0.2) is 42.5 Å². The molecular formula is C32H35FO6. The van der Waals surface area contributed by atoms with Crippen LogP contribution in [0.4, 0.5) is 4.39 Å². The Balaban J connectivity index is 1.40. The summed E-state index contributed by atoms with van der Waals surface area (Å²) in [7, 11) is 0. The maximum atomic E-state index is 15.2. The van der Waals surface area contributed by atoms with Gasteiger partial charge in [-0.25, -0.2) is 4.39 Å². The first-order valence-electron chi connectivity index (χ1n) is 13.4. The van der Waals surface area contributed by atoms with E-state index in [4.69, 9.17) is 19.3 Å². The van der Waals surface area contributed by atoms with Crippen LogP contribution in [-0.2, 0) is 11.2 Å². The van der Waals surface area contributed by atoms with E-state index in [1.807, 2.05) is 58.0 Å². The number of ether oxygens (including phenoxy) is 3. The number of benzene rings is 3. The minimum absolute atomic E-state index is 0.0176. The zero-order valence-electron chi connectivity index (χ0n) is 22.8. The van der Waals surface area contributed by atoms with Gasteiger partial charge in [-0.2, -0.15) is 0 Å². The largest absolute Gasteiger partial charge is 0.493 e. The molecule has 39 heavy (non-hydrogen) atoms. The summed E-state index contributed by atoms with van der Waals surface area (Å²) in [4.78, 5) is 11.1. The first-order valence-corrected chi connectivity index (χ1v) is 13.4. The number of carboxylic acid groups (broad SMARTS) is 1. The number of carboxylic acids is 1. The van der Waals surface area contributed by atoms with E-state index in [0.29, 0.717) is 43.1 Å². The first-order chi connectivity index (χ1) is 18.6. The number of aliphatic carboxylic acids is 1. The van der Waals surface area contributed by atoms with Crippen molar-refractivity contribution >= 4 is 5.97 Å². The van der Waals surface area contributed by atoms with Crippen molar-refractivity contribution in [2.75, 3.05) is 19.8 Å². The van der Waals surface area contributed by atoms with E-state index < -0.39 is 12.1 Å². The van der Waals surface area contributed by atoms with E-state index in [2.05, 4.69) is 0 Å². The maximum absolute atomic E-state index is 15.2. The molecule has 0 bridgehead atoms. The van der Waals surface area contributed by atoms with Crippen LogP contribution in [0.2, 0.25) is 0 Å². The van der Waals surface area contributed by atoms with Crippen molar-refractivity contribution in [3.8, 4) is 28.4 Å². The number of aliphatic hydroxyl groups is 1. The van der Waals surface area contributed by atoms with Gasteiger partial charge in [0.05, 0.1) is 26.2 Å². The molecule has 6 nitrogen and oxygen atoms in total. The van der Waals surface area contributed by atoms with Crippen LogP contribution < -0.4 is 14.2 Å². The molecule has 0 amide bonds. The molecule has 5 rings (SSSR count). The van der Waals surface area contributed by atoms with Crippen LogP contribution in [0.5, 0.6) is 17.2 Å². The molecule has 2 atom stereocenters. The Bertz CT molecular complexity index is 1390. The van der Waals surface area contributed by atoms with Gasteiger partial charge in [0.15, 0.2) is 0 Å². The molecule has 2 unspecified atom stereocenters. The second kappa shape index (κ2) is 10.5. The summed E-state index contributed by atoms with van der Waals surface area (Å²) in [5, 5.41) is 18.7. The molecule has 0 spiro atoms. The molecule has 1 aliphatic carbocycles. The summed E-state index contributed by atoms with van der Waals surface area (Å²) in [6.45, 7) is 8.75. The van der Waals surface area contributed by atoms with Gasteiger partial charge in [0, 0.05) is 28.5 Å². The molecule has 7 heteroatoms. The van der Waals surface area contributed by atoms with Crippen molar-refractivity contribution in [2.45, 2.75) is 59.0 Å². The fourth-order valence-corrected chi connectivity index (χ4v) is 5.66. The van der Waals surface area contributed by atoms with Crippen molar-refractivity contribution in [3.63, 3.8) is 0 Å². The highest BCUT2D eigenvalue weighted by Crippen LogP contribution is 2.45. The predicted octanol–water partition coefficient (Wildman–Crippen LogP) is 6.52. The Morgan fingerprint density at radius 3 is 2.54 bits per heavy atom. The van der Waals surface area contributed by atoms with E-state index in [0.717, 1.165) is 39.1 Å². The quantitative estimate of drug-likeness (QED) is 0.325. The average Bonchev–Trinajstić information content (AvgIpc) is 3.48. The normalized spacial score (nSPS) is 17.9. The molecule has 2 N–H and O–H groups in total. The van der Waals surface area contributed by atoms with Gasteiger partial charge < -0.3 is 24.4 Å². The fourth-order valence-electron chi connectivity index (χ4n) is 5.66. The fraction of sp³-hybridized carbons (Fsp3) is 0.406. The number of hydrogen-bond acceptors (Lipinski definition) is 5. The lowest BCUT2D eigenvalue weighted by molar-refractivity contribution is -0.137. The third-order valence-electron chi connectivity index (χ3n) is 7.68. The zero-order valence-corrected chi connectivity index (χ0v) is 22.8. The Labute approximate surface area is 228 Å². The van der Waals surface area contributed by atoms with Crippen molar-refractivity contribution in [3.05, 3.63) is 76.1 Å².